The number of esters is 2. The monoisotopic (exact) mass is 976 g/mol. The van der Waals surface area contributed by atoms with Crippen LogP contribution in [0.5, 0.6) is 0 Å². The number of phosphoric ester groups is 1. The van der Waals surface area contributed by atoms with Gasteiger partial charge in [-0.2, -0.15) is 0 Å². The van der Waals surface area contributed by atoms with Gasteiger partial charge in [-0.05, 0) is 109 Å². The molecule has 0 bridgehead atoms. The number of hydrogen-bond donors (Lipinski definition) is 2. The molecule has 0 aliphatic rings. The average Bonchev–Trinajstić information content (AvgIpc) is 3.34. The summed E-state index contributed by atoms with van der Waals surface area (Å²) in [5.41, 5.74) is 5.37. The maximum absolute atomic E-state index is 12.6. The highest BCUT2D eigenvalue weighted by atomic mass is 31.2. The number of ether oxygens (including phenoxy) is 2. The van der Waals surface area contributed by atoms with E-state index in [-0.39, 0.29) is 32.6 Å². The zero-order valence-electron chi connectivity index (χ0n) is 43.0. The standard InChI is InChI=1S/C59H94NO8P/c1-3-5-7-9-11-13-15-17-19-21-23-25-27-28-30-31-33-35-37-39-41-43-45-47-49-51-58(61)65-55-57(56-67-69(63,64)66-54-53-60)68-59(62)52-50-48-46-44-42-40-38-36-34-32-29-26-24-22-20-18-16-14-12-10-8-6-4-2/h5-8,11-14,17-20,23-26,28,30,32,34,38,40,44,46,57H,3-4,9-10,15-16,21-22,27,29,31,33,35-37,39,41-43,45,47-56,60H2,1-2H3,(H,63,64)/b7-5-,8-6-,13-11-,14-12-,19-17-,20-18-,25-23-,26-24-,30-28-,34-32-,40-38-,46-44-. The van der Waals surface area contributed by atoms with Crippen molar-refractivity contribution in [2.75, 3.05) is 26.4 Å². The molecule has 10 heteroatoms. The van der Waals surface area contributed by atoms with Crippen LogP contribution in [0.1, 0.15) is 181 Å². The largest absolute Gasteiger partial charge is 0.472 e. The van der Waals surface area contributed by atoms with Crippen molar-refractivity contribution in [2.45, 2.75) is 187 Å². The van der Waals surface area contributed by atoms with Crippen LogP contribution in [0.15, 0.2) is 146 Å². The summed E-state index contributed by atoms with van der Waals surface area (Å²) in [7, 11) is -4.41. The second kappa shape index (κ2) is 53.2. The number of allylic oxidation sites excluding steroid dienone is 24. The third-order valence-electron chi connectivity index (χ3n) is 10.2. The van der Waals surface area contributed by atoms with Crippen molar-refractivity contribution >= 4 is 19.8 Å². The molecule has 0 saturated carbocycles. The molecular weight excluding hydrogens is 882 g/mol. The van der Waals surface area contributed by atoms with Gasteiger partial charge in [-0.3, -0.25) is 18.6 Å². The lowest BCUT2D eigenvalue weighted by Crippen LogP contribution is -2.29. The SMILES string of the molecule is CC/C=C\C/C=C\C/C=C\C/C=C\C/C=C\C/C=C\C/C=C\CCCC(=O)OC(COC(=O)CCCCCCCCCCC/C=C\C/C=C\C/C=C\C/C=C\C/C=C\CC)COP(=O)(O)OCCN. The van der Waals surface area contributed by atoms with Crippen LogP contribution in [0.2, 0.25) is 0 Å². The van der Waals surface area contributed by atoms with Gasteiger partial charge < -0.3 is 20.1 Å². The van der Waals surface area contributed by atoms with E-state index in [1.165, 1.54) is 32.1 Å². The predicted octanol–water partition coefficient (Wildman–Crippen LogP) is 16.4. The number of unbranched alkanes of at least 4 members (excludes halogenated alkanes) is 10. The summed E-state index contributed by atoms with van der Waals surface area (Å²) >= 11 is 0. The maximum atomic E-state index is 12.6. The molecule has 2 unspecified atom stereocenters. The predicted molar refractivity (Wildman–Crippen MR) is 293 cm³/mol. The van der Waals surface area contributed by atoms with Crippen LogP contribution >= 0.6 is 7.82 Å². The summed E-state index contributed by atoms with van der Waals surface area (Å²) in [5.74, 6) is -0.918. The first-order valence-electron chi connectivity index (χ1n) is 26.3. The Labute approximate surface area is 420 Å². The van der Waals surface area contributed by atoms with E-state index in [2.05, 4.69) is 154 Å². The molecule has 2 atom stereocenters. The summed E-state index contributed by atoms with van der Waals surface area (Å²) in [6.45, 7) is 3.41. The first-order chi connectivity index (χ1) is 33.8. The maximum Gasteiger partial charge on any atom is 0.472 e. The average molecular weight is 976 g/mol. The zero-order valence-corrected chi connectivity index (χ0v) is 43.9. The molecule has 0 heterocycles. The summed E-state index contributed by atoms with van der Waals surface area (Å²) in [6, 6.07) is 0. The molecular formula is C59H94NO8P. The van der Waals surface area contributed by atoms with Gasteiger partial charge in [0.25, 0.3) is 0 Å². The molecule has 9 nitrogen and oxygen atoms in total. The Morgan fingerprint density at radius 2 is 0.768 bits per heavy atom. The molecule has 0 rings (SSSR count). The molecule has 3 N–H and O–H groups in total. The van der Waals surface area contributed by atoms with Gasteiger partial charge in [0.15, 0.2) is 6.10 Å². The molecule has 0 aromatic heterocycles. The lowest BCUT2D eigenvalue weighted by atomic mass is 10.1. The molecule has 0 aliphatic heterocycles. The molecule has 69 heavy (non-hydrogen) atoms. The van der Waals surface area contributed by atoms with Gasteiger partial charge in [-0.1, -0.05) is 205 Å². The third kappa shape index (κ3) is 53.1. The highest BCUT2D eigenvalue weighted by Crippen LogP contribution is 2.43. The van der Waals surface area contributed by atoms with Crippen molar-refractivity contribution in [3.05, 3.63) is 146 Å². The van der Waals surface area contributed by atoms with Crippen molar-refractivity contribution in [1.29, 1.82) is 0 Å². The normalized spacial score (nSPS) is 14.3. The Balaban J connectivity index is 4.19. The Morgan fingerprint density at radius 3 is 1.16 bits per heavy atom. The van der Waals surface area contributed by atoms with Crippen LogP contribution in [0.4, 0.5) is 0 Å². The summed E-state index contributed by atoms with van der Waals surface area (Å²) in [5, 5.41) is 0. The first-order valence-corrected chi connectivity index (χ1v) is 27.8. The third-order valence-corrected chi connectivity index (χ3v) is 11.2. The molecule has 0 aromatic rings. The van der Waals surface area contributed by atoms with Crippen LogP contribution in [0.25, 0.3) is 0 Å². The molecule has 0 aliphatic carbocycles. The van der Waals surface area contributed by atoms with E-state index in [0.717, 1.165) is 103 Å². The Hall–Kier alpha value is -4.11. The van der Waals surface area contributed by atoms with Gasteiger partial charge in [0.2, 0.25) is 0 Å². The summed E-state index contributed by atoms with van der Waals surface area (Å²) in [4.78, 5) is 35.1. The van der Waals surface area contributed by atoms with Crippen LogP contribution in [-0.2, 0) is 32.7 Å². The molecule has 0 fully saturated rings. The molecule has 0 radical (unpaired) electrons. The number of nitrogens with two attached hydrogens (primary N) is 1. The highest BCUT2D eigenvalue weighted by molar-refractivity contribution is 7.47. The molecule has 0 spiro atoms. The topological polar surface area (TPSA) is 134 Å². The van der Waals surface area contributed by atoms with E-state index < -0.39 is 32.5 Å². The van der Waals surface area contributed by atoms with E-state index in [4.69, 9.17) is 24.3 Å². The number of rotatable bonds is 47. The van der Waals surface area contributed by atoms with E-state index in [9.17, 15) is 19.0 Å². The van der Waals surface area contributed by atoms with E-state index in [1.807, 2.05) is 6.08 Å². The van der Waals surface area contributed by atoms with E-state index >= 15 is 0 Å². The number of phosphoric acid groups is 1. The van der Waals surface area contributed by atoms with Crippen LogP contribution in [-0.4, -0.2) is 49.3 Å². The van der Waals surface area contributed by atoms with Crippen molar-refractivity contribution < 1.29 is 37.6 Å². The van der Waals surface area contributed by atoms with Gasteiger partial charge in [0, 0.05) is 19.4 Å². The molecule has 388 valence electrons. The fourth-order valence-electron chi connectivity index (χ4n) is 6.41. The smallest absolute Gasteiger partial charge is 0.462 e. The first kappa shape index (κ1) is 64.9. The minimum atomic E-state index is -4.41. The van der Waals surface area contributed by atoms with Crippen molar-refractivity contribution in [3.8, 4) is 0 Å². The quantitative estimate of drug-likeness (QED) is 0.0264. The van der Waals surface area contributed by atoms with Crippen molar-refractivity contribution in [3.63, 3.8) is 0 Å². The van der Waals surface area contributed by atoms with Gasteiger partial charge in [0.1, 0.15) is 6.61 Å². The van der Waals surface area contributed by atoms with Gasteiger partial charge >= 0.3 is 19.8 Å². The molecule has 0 aromatic carbocycles. The Bertz CT molecular complexity index is 1630. The van der Waals surface area contributed by atoms with Crippen LogP contribution < -0.4 is 5.73 Å². The summed E-state index contributed by atoms with van der Waals surface area (Å²) < 4.78 is 32.9. The zero-order chi connectivity index (χ0) is 50.2. The van der Waals surface area contributed by atoms with Crippen LogP contribution in [0.3, 0.4) is 0 Å². The van der Waals surface area contributed by atoms with Gasteiger partial charge in [-0.25, -0.2) is 4.57 Å². The lowest BCUT2D eigenvalue weighted by Gasteiger charge is -2.19. The molecule has 0 amide bonds. The van der Waals surface area contributed by atoms with Gasteiger partial charge in [-0.15, -0.1) is 0 Å². The van der Waals surface area contributed by atoms with Crippen molar-refractivity contribution in [2.24, 2.45) is 5.73 Å². The highest BCUT2D eigenvalue weighted by Gasteiger charge is 2.26. The lowest BCUT2D eigenvalue weighted by molar-refractivity contribution is -0.161. The second-order valence-corrected chi connectivity index (χ2v) is 18.1. The fraction of sp³-hybridized carbons (Fsp3) is 0.559. The number of carbonyl (C=O) groups is 2. The second-order valence-electron chi connectivity index (χ2n) is 16.6. The summed E-state index contributed by atoms with van der Waals surface area (Å²) in [6.07, 6.45) is 76.1. The van der Waals surface area contributed by atoms with Crippen LogP contribution in [0, 0.1) is 0 Å². The van der Waals surface area contributed by atoms with E-state index in [0.29, 0.717) is 19.3 Å². The Kier molecular flexibility index (Phi) is 50.1. The fourth-order valence-corrected chi connectivity index (χ4v) is 7.18. The minimum Gasteiger partial charge on any atom is -0.462 e. The minimum absolute atomic E-state index is 0.0345. The molecule has 0 saturated heterocycles. The van der Waals surface area contributed by atoms with Crippen molar-refractivity contribution in [1.82, 2.24) is 0 Å². The number of carbonyl (C=O) groups excluding carboxylic acids is 2. The Morgan fingerprint density at radius 1 is 0.435 bits per heavy atom. The number of hydrogen-bond acceptors (Lipinski definition) is 8. The van der Waals surface area contributed by atoms with Gasteiger partial charge in [0.05, 0.1) is 13.2 Å². The van der Waals surface area contributed by atoms with E-state index in [1.54, 1.807) is 0 Å².